The molecule has 2 amide bonds. The van der Waals surface area contributed by atoms with E-state index in [1.165, 1.54) is 25.7 Å². The Kier molecular flexibility index (Phi) is 8.17. The van der Waals surface area contributed by atoms with Crippen LogP contribution in [-0.2, 0) is 0 Å². The fourth-order valence-electron chi connectivity index (χ4n) is 3.88. The second-order valence-electron chi connectivity index (χ2n) is 7.19. The molecule has 1 saturated carbocycles. The summed E-state index contributed by atoms with van der Waals surface area (Å²) in [5, 5.41) is 16.2. The molecule has 2 fully saturated rings. The van der Waals surface area contributed by atoms with Crippen LogP contribution in [0, 0.1) is 0 Å². The van der Waals surface area contributed by atoms with Crippen LogP contribution in [0.4, 0.5) is 4.79 Å². The maximum Gasteiger partial charge on any atom is 0.315 e. The van der Waals surface area contributed by atoms with E-state index in [9.17, 15) is 9.90 Å². The standard InChI is InChI=1S/C18H35N3O2/c1-2-3-4-7-12-19-18(23)20-15-10-13-21(14-11-15)16-8-5-6-9-17(16)22/h15-17,22H,2-14H2,1H3,(H2,19,20,23). The Morgan fingerprint density at radius 3 is 2.52 bits per heavy atom. The zero-order chi connectivity index (χ0) is 16.5. The Labute approximate surface area is 141 Å². The molecule has 2 rings (SSSR count). The summed E-state index contributed by atoms with van der Waals surface area (Å²) in [7, 11) is 0. The highest BCUT2D eigenvalue weighted by atomic mass is 16.3. The van der Waals surface area contributed by atoms with Gasteiger partial charge in [0.1, 0.15) is 0 Å². The normalized spacial score (nSPS) is 26.9. The first-order valence-corrected chi connectivity index (χ1v) is 9.67. The zero-order valence-corrected chi connectivity index (χ0v) is 14.7. The lowest BCUT2D eigenvalue weighted by atomic mass is 9.89. The van der Waals surface area contributed by atoms with Crippen molar-refractivity contribution in [1.82, 2.24) is 15.5 Å². The van der Waals surface area contributed by atoms with Crippen LogP contribution in [0.1, 0.15) is 71.1 Å². The highest BCUT2D eigenvalue weighted by Gasteiger charge is 2.31. The average Bonchev–Trinajstić information content (AvgIpc) is 2.56. The van der Waals surface area contributed by atoms with Crippen molar-refractivity contribution >= 4 is 6.03 Å². The Morgan fingerprint density at radius 2 is 1.83 bits per heavy atom. The van der Waals surface area contributed by atoms with Gasteiger partial charge in [-0.3, -0.25) is 4.90 Å². The maximum absolute atomic E-state index is 11.9. The number of unbranched alkanes of at least 4 members (excludes halogenated alkanes) is 3. The Balaban J connectivity index is 1.59. The van der Waals surface area contributed by atoms with Gasteiger partial charge >= 0.3 is 6.03 Å². The molecule has 0 aromatic carbocycles. The molecule has 5 heteroatoms. The van der Waals surface area contributed by atoms with E-state index in [-0.39, 0.29) is 18.2 Å². The summed E-state index contributed by atoms with van der Waals surface area (Å²) in [5.74, 6) is 0. The summed E-state index contributed by atoms with van der Waals surface area (Å²) in [4.78, 5) is 14.3. The summed E-state index contributed by atoms with van der Waals surface area (Å²) in [6.07, 6.45) is 11.0. The number of hydrogen-bond donors (Lipinski definition) is 3. The summed E-state index contributed by atoms with van der Waals surface area (Å²) >= 11 is 0. The van der Waals surface area contributed by atoms with Gasteiger partial charge in [-0.05, 0) is 32.1 Å². The second-order valence-corrected chi connectivity index (χ2v) is 7.19. The third kappa shape index (κ3) is 6.30. The minimum atomic E-state index is -0.153. The molecule has 2 aliphatic rings. The number of rotatable bonds is 7. The van der Waals surface area contributed by atoms with E-state index in [0.29, 0.717) is 6.04 Å². The fraction of sp³-hybridized carbons (Fsp3) is 0.944. The molecule has 1 aliphatic carbocycles. The van der Waals surface area contributed by atoms with Crippen LogP contribution in [-0.4, -0.2) is 53.9 Å². The van der Waals surface area contributed by atoms with Crippen LogP contribution in [0.25, 0.3) is 0 Å². The van der Waals surface area contributed by atoms with Crippen molar-refractivity contribution in [3.8, 4) is 0 Å². The predicted octanol–water partition coefficient (Wildman–Crippen LogP) is 2.63. The largest absolute Gasteiger partial charge is 0.391 e. The number of hydrogen-bond acceptors (Lipinski definition) is 3. The summed E-state index contributed by atoms with van der Waals surface area (Å²) in [6.45, 7) is 4.95. The Bertz CT molecular complexity index is 343. The van der Waals surface area contributed by atoms with Gasteiger partial charge in [0.05, 0.1) is 6.10 Å². The molecule has 2 atom stereocenters. The van der Waals surface area contributed by atoms with Gasteiger partial charge in [-0.15, -0.1) is 0 Å². The molecular weight excluding hydrogens is 290 g/mol. The quantitative estimate of drug-likeness (QED) is 0.631. The molecule has 0 aromatic rings. The fourth-order valence-corrected chi connectivity index (χ4v) is 3.88. The monoisotopic (exact) mass is 325 g/mol. The number of aliphatic hydroxyl groups excluding tert-OH is 1. The summed E-state index contributed by atoms with van der Waals surface area (Å²) in [6, 6.07) is 0.609. The first-order valence-electron chi connectivity index (χ1n) is 9.67. The molecule has 1 saturated heterocycles. The molecule has 23 heavy (non-hydrogen) atoms. The van der Waals surface area contributed by atoms with E-state index in [1.54, 1.807) is 0 Å². The van der Waals surface area contributed by atoms with Crippen molar-refractivity contribution in [2.75, 3.05) is 19.6 Å². The maximum atomic E-state index is 11.9. The summed E-state index contributed by atoms with van der Waals surface area (Å²) in [5.41, 5.74) is 0. The lowest BCUT2D eigenvalue weighted by Gasteiger charge is -2.41. The molecule has 1 aliphatic heterocycles. The van der Waals surface area contributed by atoms with Gasteiger partial charge in [-0.2, -0.15) is 0 Å². The molecule has 1 heterocycles. The third-order valence-corrected chi connectivity index (χ3v) is 5.34. The number of amides is 2. The smallest absolute Gasteiger partial charge is 0.315 e. The lowest BCUT2D eigenvalue weighted by molar-refractivity contribution is 0.00777. The third-order valence-electron chi connectivity index (χ3n) is 5.34. The van der Waals surface area contributed by atoms with E-state index < -0.39 is 0 Å². The molecule has 0 bridgehead atoms. The second kappa shape index (κ2) is 10.1. The van der Waals surface area contributed by atoms with Gasteiger partial charge in [0.2, 0.25) is 0 Å². The number of carbonyl (C=O) groups excluding carboxylic acids is 1. The van der Waals surface area contributed by atoms with Crippen LogP contribution in [0.15, 0.2) is 0 Å². The van der Waals surface area contributed by atoms with E-state index in [4.69, 9.17) is 0 Å². The number of nitrogens with one attached hydrogen (secondary N) is 2. The molecule has 0 radical (unpaired) electrons. The molecule has 3 N–H and O–H groups in total. The molecule has 0 aromatic heterocycles. The van der Waals surface area contributed by atoms with Crippen molar-refractivity contribution in [2.24, 2.45) is 0 Å². The van der Waals surface area contributed by atoms with Crippen LogP contribution in [0.2, 0.25) is 0 Å². The van der Waals surface area contributed by atoms with E-state index >= 15 is 0 Å². The number of urea groups is 1. The van der Waals surface area contributed by atoms with E-state index in [2.05, 4.69) is 22.5 Å². The molecular formula is C18H35N3O2. The van der Waals surface area contributed by atoms with Crippen molar-refractivity contribution < 1.29 is 9.90 Å². The molecule has 5 nitrogen and oxygen atoms in total. The van der Waals surface area contributed by atoms with Crippen LogP contribution >= 0.6 is 0 Å². The van der Waals surface area contributed by atoms with Crippen molar-refractivity contribution in [3.63, 3.8) is 0 Å². The minimum Gasteiger partial charge on any atom is -0.391 e. The molecule has 134 valence electrons. The number of nitrogens with zero attached hydrogens (tertiary/aromatic N) is 1. The Morgan fingerprint density at radius 1 is 1.09 bits per heavy atom. The molecule has 2 unspecified atom stereocenters. The zero-order valence-electron chi connectivity index (χ0n) is 14.7. The van der Waals surface area contributed by atoms with E-state index in [0.717, 1.165) is 58.2 Å². The van der Waals surface area contributed by atoms with Gasteiger partial charge < -0.3 is 15.7 Å². The Hall–Kier alpha value is -0.810. The van der Waals surface area contributed by atoms with Crippen LogP contribution < -0.4 is 10.6 Å². The minimum absolute atomic E-state index is 0.0161. The lowest BCUT2D eigenvalue weighted by Crippen LogP contribution is -2.53. The van der Waals surface area contributed by atoms with Gasteiger partial charge in [0.15, 0.2) is 0 Å². The first-order chi connectivity index (χ1) is 11.2. The van der Waals surface area contributed by atoms with Crippen molar-refractivity contribution in [3.05, 3.63) is 0 Å². The highest BCUT2D eigenvalue weighted by molar-refractivity contribution is 5.74. The van der Waals surface area contributed by atoms with Gasteiger partial charge in [-0.1, -0.05) is 39.0 Å². The number of aliphatic hydroxyl groups is 1. The first kappa shape index (κ1) is 18.5. The van der Waals surface area contributed by atoms with Crippen molar-refractivity contribution in [2.45, 2.75) is 89.3 Å². The van der Waals surface area contributed by atoms with Crippen LogP contribution in [0.3, 0.4) is 0 Å². The SMILES string of the molecule is CCCCCCNC(=O)NC1CCN(C2CCCCC2O)CC1. The average molecular weight is 325 g/mol. The van der Waals surface area contributed by atoms with Gasteiger partial charge in [-0.25, -0.2) is 4.79 Å². The number of likely N-dealkylation sites (tertiary alicyclic amines) is 1. The number of piperidine rings is 1. The van der Waals surface area contributed by atoms with Crippen LogP contribution in [0.5, 0.6) is 0 Å². The van der Waals surface area contributed by atoms with E-state index in [1.807, 2.05) is 0 Å². The summed E-state index contributed by atoms with van der Waals surface area (Å²) < 4.78 is 0. The predicted molar refractivity (Wildman–Crippen MR) is 93.5 cm³/mol. The number of carbonyl (C=O) groups is 1. The highest BCUT2D eigenvalue weighted by Crippen LogP contribution is 2.25. The van der Waals surface area contributed by atoms with Gasteiger partial charge in [0, 0.05) is 31.7 Å². The van der Waals surface area contributed by atoms with Crippen molar-refractivity contribution in [1.29, 1.82) is 0 Å². The topological polar surface area (TPSA) is 64.6 Å². The van der Waals surface area contributed by atoms with Gasteiger partial charge in [0.25, 0.3) is 0 Å². The molecule has 0 spiro atoms.